The van der Waals surface area contributed by atoms with Crippen LogP contribution in [-0.4, -0.2) is 27.5 Å². The standard InChI is InChI=1S/C12H16N2O2/c1-2-14-6-5-13-12(14)11(15)9-7-8-3-4-10(9)16-8/h5-6,8-10H,2-4,7H2,1H3. The fourth-order valence-electron chi connectivity index (χ4n) is 2.87. The number of aryl methyl sites for hydroxylation is 1. The first-order valence-corrected chi connectivity index (χ1v) is 6.00. The van der Waals surface area contributed by atoms with Gasteiger partial charge in [-0.25, -0.2) is 4.98 Å². The van der Waals surface area contributed by atoms with Crippen LogP contribution in [-0.2, 0) is 11.3 Å². The molecule has 2 bridgehead atoms. The quantitative estimate of drug-likeness (QED) is 0.727. The summed E-state index contributed by atoms with van der Waals surface area (Å²) in [6.45, 7) is 2.82. The van der Waals surface area contributed by atoms with E-state index < -0.39 is 0 Å². The van der Waals surface area contributed by atoms with E-state index in [1.54, 1.807) is 6.20 Å². The van der Waals surface area contributed by atoms with Gasteiger partial charge in [-0.2, -0.15) is 0 Å². The number of fused-ring (bicyclic) bond motifs is 2. The van der Waals surface area contributed by atoms with Crippen LogP contribution < -0.4 is 0 Å². The average molecular weight is 220 g/mol. The SMILES string of the molecule is CCn1ccnc1C(=O)C1CC2CCC1O2. The number of ketones is 1. The Morgan fingerprint density at radius 2 is 2.50 bits per heavy atom. The van der Waals surface area contributed by atoms with E-state index in [9.17, 15) is 4.79 Å². The molecule has 0 spiro atoms. The van der Waals surface area contributed by atoms with Crippen molar-refractivity contribution in [2.24, 2.45) is 5.92 Å². The fraction of sp³-hybridized carbons (Fsp3) is 0.667. The van der Waals surface area contributed by atoms with Crippen molar-refractivity contribution in [2.75, 3.05) is 0 Å². The van der Waals surface area contributed by atoms with Gasteiger partial charge in [-0.15, -0.1) is 0 Å². The summed E-state index contributed by atoms with van der Waals surface area (Å²) < 4.78 is 7.63. The molecule has 3 heterocycles. The second-order valence-electron chi connectivity index (χ2n) is 4.62. The first-order chi connectivity index (χ1) is 7.79. The predicted molar refractivity (Wildman–Crippen MR) is 58.2 cm³/mol. The van der Waals surface area contributed by atoms with E-state index >= 15 is 0 Å². The highest BCUT2D eigenvalue weighted by atomic mass is 16.5. The van der Waals surface area contributed by atoms with E-state index in [2.05, 4.69) is 4.98 Å². The van der Waals surface area contributed by atoms with Gasteiger partial charge in [0.05, 0.1) is 18.1 Å². The van der Waals surface area contributed by atoms with Gasteiger partial charge < -0.3 is 9.30 Å². The highest BCUT2D eigenvalue weighted by molar-refractivity contribution is 5.95. The van der Waals surface area contributed by atoms with Crippen molar-refractivity contribution in [1.82, 2.24) is 9.55 Å². The molecule has 2 aliphatic heterocycles. The minimum absolute atomic E-state index is 0.0476. The Kier molecular flexibility index (Phi) is 2.32. The van der Waals surface area contributed by atoms with Crippen LogP contribution in [0.15, 0.2) is 12.4 Å². The predicted octanol–water partition coefficient (Wildman–Crippen LogP) is 1.65. The molecule has 1 aromatic rings. The Balaban J connectivity index is 1.83. The maximum absolute atomic E-state index is 12.3. The molecular weight excluding hydrogens is 204 g/mol. The molecule has 0 radical (unpaired) electrons. The minimum Gasteiger partial charge on any atom is -0.374 e. The number of Topliss-reactive ketones (excluding diaryl/α,β-unsaturated/α-hetero) is 1. The molecule has 0 aliphatic carbocycles. The second-order valence-corrected chi connectivity index (χ2v) is 4.62. The first-order valence-electron chi connectivity index (χ1n) is 6.00. The van der Waals surface area contributed by atoms with E-state index in [1.807, 2.05) is 17.7 Å². The van der Waals surface area contributed by atoms with Crippen LogP contribution in [0.25, 0.3) is 0 Å². The van der Waals surface area contributed by atoms with Crippen LogP contribution in [0.1, 0.15) is 36.8 Å². The number of carbonyl (C=O) groups is 1. The maximum atomic E-state index is 12.3. The normalized spacial score (nSPS) is 32.2. The number of hydrogen-bond acceptors (Lipinski definition) is 3. The van der Waals surface area contributed by atoms with Gasteiger partial charge in [-0.1, -0.05) is 0 Å². The Labute approximate surface area is 94.6 Å². The summed E-state index contributed by atoms with van der Waals surface area (Å²) >= 11 is 0. The van der Waals surface area contributed by atoms with Gasteiger partial charge in [0.15, 0.2) is 5.82 Å². The van der Waals surface area contributed by atoms with Gasteiger partial charge in [0.1, 0.15) is 0 Å². The van der Waals surface area contributed by atoms with Gasteiger partial charge in [0.2, 0.25) is 5.78 Å². The highest BCUT2D eigenvalue weighted by Crippen LogP contribution is 2.40. The van der Waals surface area contributed by atoms with Gasteiger partial charge in [0.25, 0.3) is 0 Å². The van der Waals surface area contributed by atoms with Crippen molar-refractivity contribution in [3.63, 3.8) is 0 Å². The summed E-state index contributed by atoms with van der Waals surface area (Å²) in [6, 6.07) is 0. The second kappa shape index (κ2) is 3.70. The molecule has 3 atom stereocenters. The van der Waals surface area contributed by atoms with E-state index in [-0.39, 0.29) is 17.8 Å². The molecule has 0 aromatic carbocycles. The van der Waals surface area contributed by atoms with Crippen molar-refractivity contribution in [3.05, 3.63) is 18.2 Å². The molecule has 0 saturated carbocycles. The van der Waals surface area contributed by atoms with E-state index in [0.717, 1.165) is 25.8 Å². The Morgan fingerprint density at radius 3 is 3.12 bits per heavy atom. The number of carbonyl (C=O) groups excluding carboxylic acids is 1. The number of rotatable bonds is 3. The summed E-state index contributed by atoms with van der Waals surface area (Å²) in [5.41, 5.74) is 0. The van der Waals surface area contributed by atoms with Crippen molar-refractivity contribution < 1.29 is 9.53 Å². The summed E-state index contributed by atoms with van der Waals surface area (Å²) in [5, 5.41) is 0. The molecule has 2 aliphatic rings. The lowest BCUT2D eigenvalue weighted by atomic mass is 9.86. The molecule has 3 rings (SSSR count). The molecule has 0 N–H and O–H groups in total. The lowest BCUT2D eigenvalue weighted by Crippen LogP contribution is -2.27. The van der Waals surface area contributed by atoms with Crippen LogP contribution in [0.5, 0.6) is 0 Å². The lowest BCUT2D eigenvalue weighted by Gasteiger charge is -2.17. The van der Waals surface area contributed by atoms with Crippen LogP contribution in [0.2, 0.25) is 0 Å². The highest BCUT2D eigenvalue weighted by Gasteiger charge is 2.45. The monoisotopic (exact) mass is 220 g/mol. The minimum atomic E-state index is 0.0476. The number of imidazole rings is 1. The van der Waals surface area contributed by atoms with Crippen molar-refractivity contribution in [2.45, 2.75) is 44.9 Å². The van der Waals surface area contributed by atoms with E-state index in [1.165, 1.54) is 0 Å². The van der Waals surface area contributed by atoms with Gasteiger partial charge in [-0.3, -0.25) is 4.79 Å². The zero-order chi connectivity index (χ0) is 11.1. The third-order valence-electron chi connectivity index (χ3n) is 3.72. The number of aromatic nitrogens is 2. The molecule has 2 fully saturated rings. The average Bonchev–Trinajstić information content (AvgIpc) is 3.02. The van der Waals surface area contributed by atoms with Crippen LogP contribution >= 0.6 is 0 Å². The van der Waals surface area contributed by atoms with E-state index in [4.69, 9.17) is 4.74 Å². The summed E-state index contributed by atoms with van der Waals surface area (Å²) in [5.74, 6) is 0.814. The van der Waals surface area contributed by atoms with Crippen LogP contribution in [0.3, 0.4) is 0 Å². The number of nitrogens with zero attached hydrogens (tertiary/aromatic N) is 2. The Hall–Kier alpha value is -1.16. The molecule has 1 aromatic heterocycles. The van der Waals surface area contributed by atoms with Crippen LogP contribution in [0, 0.1) is 5.92 Å². The van der Waals surface area contributed by atoms with Crippen molar-refractivity contribution >= 4 is 5.78 Å². The maximum Gasteiger partial charge on any atom is 0.204 e. The third kappa shape index (κ3) is 1.40. The van der Waals surface area contributed by atoms with Crippen molar-refractivity contribution in [3.8, 4) is 0 Å². The van der Waals surface area contributed by atoms with Gasteiger partial charge in [0, 0.05) is 18.9 Å². The third-order valence-corrected chi connectivity index (χ3v) is 3.72. The number of hydrogen-bond donors (Lipinski definition) is 0. The zero-order valence-electron chi connectivity index (χ0n) is 9.43. The molecule has 3 unspecified atom stereocenters. The fourth-order valence-corrected chi connectivity index (χ4v) is 2.87. The molecule has 4 heteroatoms. The largest absolute Gasteiger partial charge is 0.374 e. The Bertz CT molecular complexity index is 413. The zero-order valence-corrected chi connectivity index (χ0v) is 9.43. The smallest absolute Gasteiger partial charge is 0.204 e. The summed E-state index contributed by atoms with van der Waals surface area (Å²) in [7, 11) is 0. The lowest BCUT2D eigenvalue weighted by molar-refractivity contribution is 0.0732. The molecule has 4 nitrogen and oxygen atoms in total. The van der Waals surface area contributed by atoms with Crippen LogP contribution in [0.4, 0.5) is 0 Å². The molecule has 0 amide bonds. The molecule has 16 heavy (non-hydrogen) atoms. The Morgan fingerprint density at radius 1 is 1.62 bits per heavy atom. The molecule has 2 saturated heterocycles. The van der Waals surface area contributed by atoms with Crippen molar-refractivity contribution in [1.29, 1.82) is 0 Å². The van der Waals surface area contributed by atoms with Gasteiger partial charge in [-0.05, 0) is 26.2 Å². The topological polar surface area (TPSA) is 44.1 Å². The molecular formula is C12H16N2O2. The summed E-state index contributed by atoms with van der Waals surface area (Å²) in [6.07, 6.45) is 7.08. The molecule has 86 valence electrons. The summed E-state index contributed by atoms with van der Waals surface area (Å²) in [4.78, 5) is 16.5. The van der Waals surface area contributed by atoms with Gasteiger partial charge >= 0.3 is 0 Å². The number of ether oxygens (including phenoxy) is 1. The van der Waals surface area contributed by atoms with E-state index in [0.29, 0.717) is 11.9 Å². The first kappa shape index (κ1) is 10.0.